The minimum absolute atomic E-state index is 0.222. The van der Waals surface area contributed by atoms with E-state index in [1.54, 1.807) is 26.8 Å². The molecule has 0 aromatic heterocycles. The first kappa shape index (κ1) is 14.2. The predicted molar refractivity (Wildman–Crippen MR) is 49.4 cm³/mol. The molecule has 0 saturated heterocycles. The highest BCUT2D eigenvalue weighted by Crippen LogP contribution is 1.92. The molecule has 0 aliphatic rings. The molecule has 0 heterocycles. The number of carboxylic acid groups (broad SMARTS) is 1. The Morgan fingerprint density at radius 3 is 1.92 bits per heavy atom. The Balaban J connectivity index is 0. The molecule has 0 unspecified atom stereocenters. The third-order valence-electron chi connectivity index (χ3n) is 1.24. The SMILES string of the molecule is CC=C(C)C(=O)OC.CCC(=O)O. The molecule has 4 heteroatoms. The zero-order chi connectivity index (χ0) is 10.9. The molecule has 4 nitrogen and oxygen atoms in total. The van der Waals surface area contributed by atoms with Gasteiger partial charge in [-0.15, -0.1) is 0 Å². The van der Waals surface area contributed by atoms with Gasteiger partial charge in [-0.3, -0.25) is 4.79 Å². The lowest BCUT2D eigenvalue weighted by atomic mass is 10.3. The van der Waals surface area contributed by atoms with Gasteiger partial charge in [-0.1, -0.05) is 13.0 Å². The summed E-state index contributed by atoms with van der Waals surface area (Å²) in [6.07, 6.45) is 1.94. The van der Waals surface area contributed by atoms with Gasteiger partial charge in [0.25, 0.3) is 0 Å². The molecule has 0 fully saturated rings. The van der Waals surface area contributed by atoms with Crippen molar-refractivity contribution in [2.24, 2.45) is 0 Å². The number of carboxylic acids is 1. The number of hydrogen-bond acceptors (Lipinski definition) is 3. The second-order valence-electron chi connectivity index (χ2n) is 2.21. The van der Waals surface area contributed by atoms with Crippen molar-refractivity contribution >= 4 is 11.9 Å². The Kier molecular flexibility index (Phi) is 9.60. The van der Waals surface area contributed by atoms with E-state index in [1.807, 2.05) is 0 Å². The van der Waals surface area contributed by atoms with E-state index in [-0.39, 0.29) is 12.4 Å². The molecule has 0 bridgehead atoms. The number of carbonyl (C=O) groups excluding carboxylic acids is 1. The van der Waals surface area contributed by atoms with Gasteiger partial charge in [-0.05, 0) is 13.8 Å². The van der Waals surface area contributed by atoms with Crippen molar-refractivity contribution in [1.82, 2.24) is 0 Å². The van der Waals surface area contributed by atoms with Crippen LogP contribution in [0.5, 0.6) is 0 Å². The van der Waals surface area contributed by atoms with Gasteiger partial charge >= 0.3 is 11.9 Å². The number of esters is 1. The topological polar surface area (TPSA) is 63.6 Å². The van der Waals surface area contributed by atoms with Crippen molar-refractivity contribution in [3.05, 3.63) is 11.6 Å². The van der Waals surface area contributed by atoms with E-state index in [4.69, 9.17) is 5.11 Å². The second kappa shape index (κ2) is 8.77. The summed E-state index contributed by atoms with van der Waals surface area (Å²) in [5.74, 6) is -1.00. The highest BCUT2D eigenvalue weighted by Gasteiger charge is 1.98. The summed E-state index contributed by atoms with van der Waals surface area (Å²) in [6, 6.07) is 0. The molecule has 0 amide bonds. The van der Waals surface area contributed by atoms with Gasteiger partial charge in [0, 0.05) is 12.0 Å². The van der Waals surface area contributed by atoms with Crippen LogP contribution in [0, 0.1) is 0 Å². The molecular weight excluding hydrogens is 172 g/mol. The van der Waals surface area contributed by atoms with Crippen molar-refractivity contribution in [1.29, 1.82) is 0 Å². The lowest BCUT2D eigenvalue weighted by Gasteiger charge is -1.93. The van der Waals surface area contributed by atoms with Crippen molar-refractivity contribution in [2.45, 2.75) is 27.2 Å². The zero-order valence-corrected chi connectivity index (χ0v) is 8.46. The van der Waals surface area contributed by atoms with E-state index >= 15 is 0 Å². The molecule has 0 aromatic rings. The van der Waals surface area contributed by atoms with Gasteiger partial charge in [0.05, 0.1) is 7.11 Å². The minimum atomic E-state index is -0.745. The third kappa shape index (κ3) is 10.7. The molecule has 13 heavy (non-hydrogen) atoms. The molecule has 76 valence electrons. The van der Waals surface area contributed by atoms with Crippen molar-refractivity contribution < 1.29 is 19.4 Å². The van der Waals surface area contributed by atoms with Crippen LogP contribution in [0.4, 0.5) is 0 Å². The predicted octanol–water partition coefficient (Wildman–Crippen LogP) is 1.61. The third-order valence-corrected chi connectivity index (χ3v) is 1.24. The maximum Gasteiger partial charge on any atom is 0.333 e. The molecule has 0 spiro atoms. The molecule has 1 N–H and O–H groups in total. The van der Waals surface area contributed by atoms with Gasteiger partial charge in [0.2, 0.25) is 0 Å². The van der Waals surface area contributed by atoms with Crippen molar-refractivity contribution in [3.63, 3.8) is 0 Å². The summed E-state index contributed by atoms with van der Waals surface area (Å²) in [5.41, 5.74) is 0.646. The average molecular weight is 188 g/mol. The van der Waals surface area contributed by atoms with Crippen LogP contribution in [0.25, 0.3) is 0 Å². The lowest BCUT2D eigenvalue weighted by Crippen LogP contribution is -2.00. The van der Waals surface area contributed by atoms with Gasteiger partial charge in [-0.2, -0.15) is 0 Å². The molecule has 0 atom stereocenters. The average Bonchev–Trinajstić information content (AvgIpc) is 2.16. The van der Waals surface area contributed by atoms with Gasteiger partial charge < -0.3 is 9.84 Å². The number of rotatable bonds is 2. The van der Waals surface area contributed by atoms with Crippen LogP contribution in [0.15, 0.2) is 11.6 Å². The molecule has 0 aliphatic heterocycles. The van der Waals surface area contributed by atoms with Crippen LogP contribution in [0.2, 0.25) is 0 Å². The zero-order valence-electron chi connectivity index (χ0n) is 8.46. The standard InChI is InChI=1S/C6H10O2.C3H6O2/c1-4-5(2)6(7)8-3;1-2-3(4)5/h4H,1-3H3;2H2,1H3,(H,4,5). The molecule has 0 radical (unpaired) electrons. The lowest BCUT2D eigenvalue weighted by molar-refractivity contribution is -0.137. The van der Waals surface area contributed by atoms with Crippen molar-refractivity contribution in [2.75, 3.05) is 7.11 Å². The Morgan fingerprint density at radius 2 is 1.85 bits per heavy atom. The minimum Gasteiger partial charge on any atom is -0.481 e. The summed E-state index contributed by atoms with van der Waals surface area (Å²) in [4.78, 5) is 19.8. The smallest absolute Gasteiger partial charge is 0.333 e. The van der Waals surface area contributed by atoms with Gasteiger partial charge in [-0.25, -0.2) is 4.79 Å². The molecule has 0 aromatic carbocycles. The Labute approximate surface area is 78.2 Å². The maximum atomic E-state index is 10.5. The summed E-state index contributed by atoms with van der Waals surface area (Å²) in [6.45, 7) is 5.11. The number of ether oxygens (including phenoxy) is 1. The van der Waals surface area contributed by atoms with E-state index in [1.165, 1.54) is 7.11 Å². The fourth-order valence-corrected chi connectivity index (χ4v) is 0.279. The second-order valence-corrected chi connectivity index (χ2v) is 2.21. The van der Waals surface area contributed by atoms with Crippen LogP contribution >= 0.6 is 0 Å². The van der Waals surface area contributed by atoms with Crippen LogP contribution in [0.1, 0.15) is 27.2 Å². The molecule has 0 aliphatic carbocycles. The Morgan fingerprint density at radius 1 is 1.46 bits per heavy atom. The van der Waals surface area contributed by atoms with Crippen LogP contribution in [0.3, 0.4) is 0 Å². The van der Waals surface area contributed by atoms with E-state index in [0.717, 1.165) is 0 Å². The largest absolute Gasteiger partial charge is 0.481 e. The number of carbonyl (C=O) groups is 2. The molecular formula is C9H16O4. The maximum absolute atomic E-state index is 10.5. The fraction of sp³-hybridized carbons (Fsp3) is 0.556. The van der Waals surface area contributed by atoms with E-state index < -0.39 is 5.97 Å². The monoisotopic (exact) mass is 188 g/mol. The molecule has 0 saturated carbocycles. The van der Waals surface area contributed by atoms with Crippen molar-refractivity contribution in [3.8, 4) is 0 Å². The first-order valence-electron chi connectivity index (χ1n) is 3.92. The van der Waals surface area contributed by atoms with Crippen LogP contribution < -0.4 is 0 Å². The number of allylic oxidation sites excluding steroid dienone is 1. The molecule has 0 rings (SSSR count). The summed E-state index contributed by atoms with van der Waals surface area (Å²) in [5, 5.41) is 7.72. The highest BCUT2D eigenvalue weighted by atomic mass is 16.5. The Bertz CT molecular complexity index is 194. The van der Waals surface area contributed by atoms with Gasteiger partial charge in [0.15, 0.2) is 0 Å². The first-order chi connectivity index (χ1) is 5.99. The number of methoxy groups -OCH3 is 1. The number of aliphatic carboxylic acids is 1. The first-order valence-corrected chi connectivity index (χ1v) is 3.92. The van der Waals surface area contributed by atoms with E-state index in [2.05, 4.69) is 4.74 Å². The highest BCUT2D eigenvalue weighted by molar-refractivity contribution is 5.87. The quantitative estimate of drug-likeness (QED) is 0.528. The van der Waals surface area contributed by atoms with Gasteiger partial charge in [0.1, 0.15) is 0 Å². The van der Waals surface area contributed by atoms with E-state index in [9.17, 15) is 9.59 Å². The Hall–Kier alpha value is -1.32. The fourth-order valence-electron chi connectivity index (χ4n) is 0.279. The summed E-state index contributed by atoms with van der Waals surface area (Å²) in [7, 11) is 1.37. The van der Waals surface area contributed by atoms with E-state index in [0.29, 0.717) is 5.57 Å². The normalized spacial score (nSPS) is 9.69. The van der Waals surface area contributed by atoms with Crippen LogP contribution in [-0.2, 0) is 14.3 Å². The summed E-state index contributed by atoms with van der Waals surface area (Å²) < 4.78 is 4.40. The van der Waals surface area contributed by atoms with Crippen LogP contribution in [-0.4, -0.2) is 24.2 Å². The number of hydrogen-bond donors (Lipinski definition) is 1. The summed E-state index contributed by atoms with van der Waals surface area (Å²) >= 11 is 0.